The predicted molar refractivity (Wildman–Crippen MR) is 151 cm³/mol. The number of nitrogen functional groups attached to an aromatic ring is 1. The standard InChI is InChI=1S/C22H39IN7O2P/c1-22(2,3)32-21(31)29-12-8-6-4-5-7-11-28-18-13-17(16(15-25)9-10-24)14-19(20(18)26)30(27)33-23/h9-10,13-15,28,33H,4-8,11-12,24-27H2,1-3H3,(H,29,31)/b10-9-,16-15+. The van der Waals surface area contributed by atoms with Gasteiger partial charge < -0.3 is 32.6 Å². The van der Waals surface area contributed by atoms with E-state index in [1.165, 1.54) is 12.4 Å². The van der Waals surface area contributed by atoms with Gasteiger partial charge in [-0.3, -0.25) is 4.78 Å². The van der Waals surface area contributed by atoms with Crippen LogP contribution in [0.5, 0.6) is 0 Å². The number of carbonyl (C=O) groups is 1. The monoisotopic (exact) mass is 591 g/mol. The Labute approximate surface area is 212 Å². The lowest BCUT2D eigenvalue weighted by molar-refractivity contribution is 0.0527. The maximum absolute atomic E-state index is 11.6. The summed E-state index contributed by atoms with van der Waals surface area (Å²) in [5.41, 5.74) is 21.1. The fourth-order valence-corrected chi connectivity index (χ4v) is 4.11. The summed E-state index contributed by atoms with van der Waals surface area (Å²) in [5.74, 6) is 6.13. The molecule has 11 heteroatoms. The molecule has 0 bridgehead atoms. The Morgan fingerprint density at radius 3 is 2.36 bits per heavy atom. The summed E-state index contributed by atoms with van der Waals surface area (Å²) in [5, 5.41) is 6.22. The highest BCUT2D eigenvalue weighted by Gasteiger charge is 2.15. The number of nitrogens with zero attached hydrogens (tertiary/aromatic N) is 1. The Bertz CT molecular complexity index is 813. The first-order valence-corrected chi connectivity index (χ1v) is 15.0. The number of ether oxygens (including phenoxy) is 1. The van der Waals surface area contributed by atoms with E-state index in [4.69, 9.17) is 27.8 Å². The SMILES string of the molecule is CC(C)(C)OC(=O)NCCCCCCCNc1cc(C(/C=C\N)=C/N)cc(N(N)PI)c1N. The number of halogens is 1. The number of unbranched alkanes of at least 4 members (excludes halogenated alkanes) is 4. The van der Waals surface area contributed by atoms with Crippen molar-refractivity contribution < 1.29 is 9.53 Å². The van der Waals surface area contributed by atoms with Crippen molar-refractivity contribution in [3.05, 3.63) is 36.2 Å². The summed E-state index contributed by atoms with van der Waals surface area (Å²) >= 11 is 2.21. The molecule has 0 aliphatic rings. The highest BCUT2D eigenvalue weighted by molar-refractivity contribution is 14.2. The minimum atomic E-state index is -0.469. The minimum absolute atomic E-state index is 0.336. The van der Waals surface area contributed by atoms with Crippen molar-refractivity contribution in [2.45, 2.75) is 58.5 Å². The molecule has 10 N–H and O–H groups in total. The van der Waals surface area contributed by atoms with Gasteiger partial charge in [0.05, 0.1) is 23.4 Å². The number of allylic oxidation sites excluding steroid dienone is 2. The van der Waals surface area contributed by atoms with Gasteiger partial charge in [0.25, 0.3) is 0 Å². The number of hydrazine groups is 1. The fourth-order valence-electron chi connectivity index (χ4n) is 3.06. The van der Waals surface area contributed by atoms with Crippen LogP contribution in [-0.4, -0.2) is 24.8 Å². The van der Waals surface area contributed by atoms with E-state index in [-0.39, 0.29) is 6.09 Å². The lowest BCUT2D eigenvalue weighted by Gasteiger charge is -2.22. The minimum Gasteiger partial charge on any atom is -0.444 e. The van der Waals surface area contributed by atoms with Crippen molar-refractivity contribution in [1.29, 1.82) is 0 Å². The maximum atomic E-state index is 11.6. The molecular formula is C22H39IN7O2P. The Hall–Kier alpha value is -1.91. The maximum Gasteiger partial charge on any atom is 0.407 e. The van der Waals surface area contributed by atoms with E-state index in [0.717, 1.165) is 61.2 Å². The first kappa shape index (κ1) is 29.1. The van der Waals surface area contributed by atoms with Crippen molar-refractivity contribution in [3.8, 4) is 0 Å². The zero-order valence-electron chi connectivity index (χ0n) is 19.8. The number of hydrogen-bond donors (Lipinski definition) is 6. The van der Waals surface area contributed by atoms with Crippen LogP contribution in [0.2, 0.25) is 0 Å². The van der Waals surface area contributed by atoms with Gasteiger partial charge in [0.15, 0.2) is 0 Å². The average molecular weight is 591 g/mol. The van der Waals surface area contributed by atoms with Crippen LogP contribution in [0.15, 0.2) is 30.6 Å². The lowest BCUT2D eigenvalue weighted by Crippen LogP contribution is -2.32. The number of nitrogens with one attached hydrogen (secondary N) is 2. The first-order valence-electron chi connectivity index (χ1n) is 11.0. The molecule has 0 saturated carbocycles. The molecule has 1 rings (SSSR count). The summed E-state index contributed by atoms with van der Waals surface area (Å²) in [6.07, 6.45) is 9.82. The van der Waals surface area contributed by atoms with Gasteiger partial charge in [-0.15, -0.1) is 0 Å². The zero-order chi connectivity index (χ0) is 24.9. The molecule has 1 unspecified atom stereocenters. The van der Waals surface area contributed by atoms with Crippen molar-refractivity contribution in [2.75, 3.05) is 28.9 Å². The van der Waals surface area contributed by atoms with Crippen LogP contribution in [0.1, 0.15) is 58.4 Å². The van der Waals surface area contributed by atoms with Crippen molar-refractivity contribution >= 4 is 57.1 Å². The number of alkyl carbamates (subject to hydrolysis) is 1. The topological polar surface area (TPSA) is 158 Å². The molecular weight excluding hydrogens is 552 g/mol. The Morgan fingerprint density at radius 1 is 1.15 bits per heavy atom. The van der Waals surface area contributed by atoms with Crippen LogP contribution < -0.4 is 38.5 Å². The Kier molecular flexibility index (Phi) is 13.3. The van der Waals surface area contributed by atoms with Gasteiger partial charge >= 0.3 is 6.09 Å². The Morgan fingerprint density at radius 2 is 1.79 bits per heavy atom. The molecule has 0 radical (unpaired) electrons. The largest absolute Gasteiger partial charge is 0.444 e. The molecule has 33 heavy (non-hydrogen) atoms. The van der Waals surface area contributed by atoms with Gasteiger partial charge in [-0.1, -0.05) is 19.3 Å². The molecule has 1 atom stereocenters. The van der Waals surface area contributed by atoms with Gasteiger partial charge in [-0.25, -0.2) is 10.6 Å². The summed E-state index contributed by atoms with van der Waals surface area (Å²) < 4.78 is 6.84. The van der Waals surface area contributed by atoms with E-state index in [1.807, 2.05) is 32.9 Å². The summed E-state index contributed by atoms with van der Waals surface area (Å²) in [6.45, 7) is 6.97. The van der Waals surface area contributed by atoms with Crippen LogP contribution in [0.3, 0.4) is 0 Å². The zero-order valence-corrected chi connectivity index (χ0v) is 22.9. The van der Waals surface area contributed by atoms with E-state index in [9.17, 15) is 4.79 Å². The van der Waals surface area contributed by atoms with Gasteiger partial charge in [-0.05, 0) is 91.2 Å². The molecule has 0 aliphatic carbocycles. The molecule has 186 valence electrons. The highest BCUT2D eigenvalue weighted by Crippen LogP contribution is 2.39. The first-order chi connectivity index (χ1) is 15.6. The molecule has 0 saturated heterocycles. The van der Waals surface area contributed by atoms with E-state index in [2.05, 4.69) is 32.7 Å². The second-order valence-electron chi connectivity index (χ2n) is 8.52. The number of carbonyl (C=O) groups excluding carboxylic acids is 1. The third-order valence-corrected chi connectivity index (χ3v) is 6.62. The van der Waals surface area contributed by atoms with Crippen LogP contribution in [0.25, 0.3) is 5.57 Å². The normalized spacial score (nSPS) is 12.5. The number of anilines is 3. The molecule has 1 aromatic rings. The molecule has 0 aliphatic heterocycles. The molecule has 1 aromatic carbocycles. The van der Waals surface area contributed by atoms with Gasteiger partial charge in [0.2, 0.25) is 0 Å². The third kappa shape index (κ3) is 11.2. The molecule has 9 nitrogen and oxygen atoms in total. The summed E-state index contributed by atoms with van der Waals surface area (Å²) in [6, 6.07) is 3.88. The second-order valence-corrected chi connectivity index (χ2v) is 10.6. The smallest absolute Gasteiger partial charge is 0.407 e. The molecule has 0 aromatic heterocycles. The van der Waals surface area contributed by atoms with E-state index in [0.29, 0.717) is 18.6 Å². The Balaban J connectivity index is 2.51. The molecule has 0 spiro atoms. The van der Waals surface area contributed by atoms with E-state index < -0.39 is 5.60 Å². The highest BCUT2D eigenvalue weighted by atomic mass is 127. The van der Waals surface area contributed by atoms with Crippen LogP contribution in [0, 0.1) is 0 Å². The fraction of sp³-hybridized carbons (Fsp3) is 0.500. The van der Waals surface area contributed by atoms with Crippen LogP contribution in [0.4, 0.5) is 21.9 Å². The molecule has 0 fully saturated rings. The summed E-state index contributed by atoms with van der Waals surface area (Å²) in [7, 11) is 0. The van der Waals surface area contributed by atoms with Crippen molar-refractivity contribution in [1.82, 2.24) is 5.32 Å². The van der Waals surface area contributed by atoms with Gasteiger partial charge in [0.1, 0.15) is 5.60 Å². The number of nitrogens with two attached hydrogens (primary N) is 4. The summed E-state index contributed by atoms with van der Waals surface area (Å²) in [4.78, 5) is 11.6. The van der Waals surface area contributed by atoms with Crippen molar-refractivity contribution in [2.24, 2.45) is 17.3 Å². The van der Waals surface area contributed by atoms with Gasteiger partial charge in [0, 0.05) is 19.3 Å². The van der Waals surface area contributed by atoms with E-state index in [1.54, 1.807) is 10.9 Å². The van der Waals surface area contributed by atoms with Crippen molar-refractivity contribution in [3.63, 3.8) is 0 Å². The second kappa shape index (κ2) is 15.1. The average Bonchev–Trinajstić information content (AvgIpc) is 2.75. The number of benzene rings is 1. The van der Waals surface area contributed by atoms with Gasteiger partial charge in [-0.2, -0.15) is 0 Å². The predicted octanol–water partition coefficient (Wildman–Crippen LogP) is 4.55. The molecule has 1 amide bonds. The number of hydrogen-bond acceptors (Lipinski definition) is 8. The number of amides is 1. The van der Waals surface area contributed by atoms with Crippen LogP contribution in [-0.2, 0) is 4.74 Å². The quantitative estimate of drug-likeness (QED) is 0.0371. The number of rotatable bonds is 13. The van der Waals surface area contributed by atoms with Crippen LogP contribution >= 0.6 is 28.4 Å². The van der Waals surface area contributed by atoms with E-state index >= 15 is 0 Å². The third-order valence-electron chi connectivity index (χ3n) is 4.63. The lowest BCUT2D eigenvalue weighted by atomic mass is 10.0. The molecule has 0 heterocycles.